The van der Waals surface area contributed by atoms with Crippen molar-refractivity contribution < 1.29 is 14.3 Å². The molecule has 2 fully saturated rings. The van der Waals surface area contributed by atoms with E-state index in [1.807, 2.05) is 29.2 Å². The van der Waals surface area contributed by atoms with Crippen LogP contribution in [0, 0.1) is 0 Å². The first-order valence-corrected chi connectivity index (χ1v) is 7.53. The van der Waals surface area contributed by atoms with Gasteiger partial charge in [-0.1, -0.05) is 18.2 Å². The van der Waals surface area contributed by atoms with Crippen molar-refractivity contribution in [3.8, 4) is 5.75 Å². The Balaban J connectivity index is 1.61. The summed E-state index contributed by atoms with van der Waals surface area (Å²) in [4.78, 5) is 14.5. The molecule has 1 N–H and O–H groups in total. The molecule has 0 bridgehead atoms. The van der Waals surface area contributed by atoms with Gasteiger partial charge in [0.15, 0.2) is 0 Å². The number of aryl methyl sites for hydroxylation is 1. The van der Waals surface area contributed by atoms with Gasteiger partial charge in [-0.2, -0.15) is 0 Å². The predicted molar refractivity (Wildman–Crippen MR) is 79.4 cm³/mol. The second-order valence-electron chi connectivity index (χ2n) is 5.53. The maximum absolute atomic E-state index is 12.5. The first kappa shape index (κ1) is 14.4. The number of para-hydroxylation sites is 1. The Bertz CT molecular complexity index is 506. The topological polar surface area (TPSA) is 50.8 Å². The third-order valence-electron chi connectivity index (χ3n) is 4.31. The van der Waals surface area contributed by atoms with E-state index in [9.17, 15) is 4.79 Å². The summed E-state index contributed by atoms with van der Waals surface area (Å²) in [5.41, 5.74) is 1.09. The van der Waals surface area contributed by atoms with Crippen LogP contribution in [0.2, 0.25) is 0 Å². The smallest absolute Gasteiger partial charge is 0.223 e. The Morgan fingerprint density at radius 3 is 3.14 bits per heavy atom. The fraction of sp³-hybridized carbons (Fsp3) is 0.562. The summed E-state index contributed by atoms with van der Waals surface area (Å²) >= 11 is 0. The number of morpholine rings is 1. The Morgan fingerprint density at radius 2 is 2.29 bits per heavy atom. The van der Waals surface area contributed by atoms with Crippen LogP contribution >= 0.6 is 0 Å². The molecule has 5 heteroatoms. The molecule has 0 spiro atoms. The van der Waals surface area contributed by atoms with Crippen molar-refractivity contribution in [3.05, 3.63) is 29.8 Å². The number of methoxy groups -OCH3 is 1. The van der Waals surface area contributed by atoms with Crippen molar-refractivity contribution in [2.75, 3.05) is 33.4 Å². The maximum Gasteiger partial charge on any atom is 0.223 e. The minimum atomic E-state index is 0.161. The van der Waals surface area contributed by atoms with Crippen LogP contribution in [0.4, 0.5) is 0 Å². The van der Waals surface area contributed by atoms with E-state index in [1.54, 1.807) is 7.11 Å². The van der Waals surface area contributed by atoms with E-state index >= 15 is 0 Å². The number of benzene rings is 1. The van der Waals surface area contributed by atoms with Gasteiger partial charge in [0.2, 0.25) is 5.91 Å². The molecule has 0 aromatic heterocycles. The third kappa shape index (κ3) is 3.04. The van der Waals surface area contributed by atoms with E-state index in [0.717, 1.165) is 24.4 Å². The van der Waals surface area contributed by atoms with Crippen molar-refractivity contribution in [1.82, 2.24) is 10.2 Å². The van der Waals surface area contributed by atoms with E-state index in [-0.39, 0.29) is 18.1 Å². The molecule has 0 unspecified atom stereocenters. The molecule has 2 heterocycles. The van der Waals surface area contributed by atoms with Gasteiger partial charge < -0.3 is 19.7 Å². The van der Waals surface area contributed by atoms with Crippen LogP contribution in [0.25, 0.3) is 0 Å². The molecule has 0 radical (unpaired) electrons. The molecule has 21 heavy (non-hydrogen) atoms. The van der Waals surface area contributed by atoms with Gasteiger partial charge in [0.05, 0.1) is 25.9 Å². The second kappa shape index (κ2) is 6.45. The number of rotatable bonds is 4. The van der Waals surface area contributed by atoms with Gasteiger partial charge in [0, 0.05) is 26.1 Å². The van der Waals surface area contributed by atoms with Crippen LogP contribution in [0.5, 0.6) is 5.75 Å². The molecule has 2 aliphatic heterocycles. The summed E-state index contributed by atoms with van der Waals surface area (Å²) < 4.78 is 11.0. The Kier molecular flexibility index (Phi) is 4.41. The fourth-order valence-electron chi connectivity index (χ4n) is 3.19. The molecule has 1 amide bonds. The number of carbonyl (C=O) groups is 1. The highest BCUT2D eigenvalue weighted by Crippen LogP contribution is 2.22. The first-order valence-electron chi connectivity index (χ1n) is 7.53. The summed E-state index contributed by atoms with van der Waals surface area (Å²) in [6, 6.07) is 8.08. The number of carbonyl (C=O) groups excluding carboxylic acids is 1. The predicted octanol–water partition coefficient (Wildman–Crippen LogP) is 0.827. The van der Waals surface area contributed by atoms with Crippen LogP contribution in [0.1, 0.15) is 12.0 Å². The molecular formula is C16H22N2O3. The molecule has 1 aromatic rings. The van der Waals surface area contributed by atoms with Crippen molar-refractivity contribution in [1.29, 1.82) is 0 Å². The van der Waals surface area contributed by atoms with Gasteiger partial charge in [-0.25, -0.2) is 0 Å². The zero-order valence-electron chi connectivity index (χ0n) is 12.4. The normalized spacial score (nSPS) is 24.7. The molecule has 2 atom stereocenters. The lowest BCUT2D eigenvalue weighted by Gasteiger charge is -2.37. The van der Waals surface area contributed by atoms with Crippen LogP contribution in [0.15, 0.2) is 24.3 Å². The van der Waals surface area contributed by atoms with Crippen LogP contribution in [-0.4, -0.2) is 56.3 Å². The molecule has 2 saturated heterocycles. The lowest BCUT2D eigenvalue weighted by molar-refractivity contribution is -0.142. The highest BCUT2D eigenvalue weighted by Gasteiger charge is 2.38. The zero-order chi connectivity index (χ0) is 14.7. The van der Waals surface area contributed by atoms with Crippen molar-refractivity contribution in [2.24, 2.45) is 0 Å². The Morgan fingerprint density at radius 1 is 1.43 bits per heavy atom. The minimum absolute atomic E-state index is 0.161. The molecule has 3 rings (SSSR count). The quantitative estimate of drug-likeness (QED) is 0.892. The van der Waals surface area contributed by atoms with Gasteiger partial charge >= 0.3 is 0 Å². The summed E-state index contributed by atoms with van der Waals surface area (Å²) in [5.74, 6) is 1.07. The number of fused-ring (bicyclic) bond motifs is 1. The molecular weight excluding hydrogens is 268 g/mol. The molecule has 2 aliphatic rings. The average molecular weight is 290 g/mol. The van der Waals surface area contributed by atoms with Crippen LogP contribution in [0.3, 0.4) is 0 Å². The SMILES string of the molecule is COc1ccccc1CCC(=O)N1CCO[C@H]2CNC[C@H]21. The first-order chi connectivity index (χ1) is 10.3. The van der Waals surface area contributed by atoms with E-state index in [4.69, 9.17) is 9.47 Å². The summed E-state index contributed by atoms with van der Waals surface area (Å²) in [7, 11) is 1.66. The van der Waals surface area contributed by atoms with E-state index in [0.29, 0.717) is 26.0 Å². The van der Waals surface area contributed by atoms with Gasteiger partial charge in [0.1, 0.15) is 5.75 Å². The van der Waals surface area contributed by atoms with E-state index < -0.39 is 0 Å². The van der Waals surface area contributed by atoms with Crippen molar-refractivity contribution >= 4 is 5.91 Å². The standard InChI is InChI=1S/C16H22N2O3/c1-20-14-5-3-2-4-12(14)6-7-16(19)18-8-9-21-15-11-17-10-13(15)18/h2-5,13,15,17H,6-11H2,1H3/t13-,15+/m1/s1. The van der Waals surface area contributed by atoms with Crippen LogP contribution in [-0.2, 0) is 16.0 Å². The number of hydrogen-bond donors (Lipinski definition) is 1. The second-order valence-corrected chi connectivity index (χ2v) is 5.53. The van der Waals surface area contributed by atoms with Gasteiger partial charge in [-0.15, -0.1) is 0 Å². The molecule has 0 aliphatic carbocycles. The summed E-state index contributed by atoms with van der Waals surface area (Å²) in [6.45, 7) is 3.03. The lowest BCUT2D eigenvalue weighted by Crippen LogP contribution is -2.53. The van der Waals surface area contributed by atoms with Crippen LogP contribution < -0.4 is 10.1 Å². The maximum atomic E-state index is 12.5. The van der Waals surface area contributed by atoms with E-state index in [1.165, 1.54) is 0 Å². The van der Waals surface area contributed by atoms with E-state index in [2.05, 4.69) is 5.32 Å². The van der Waals surface area contributed by atoms with Gasteiger partial charge in [-0.05, 0) is 18.1 Å². The van der Waals surface area contributed by atoms with Gasteiger partial charge in [0.25, 0.3) is 0 Å². The summed E-state index contributed by atoms with van der Waals surface area (Å²) in [5, 5.41) is 3.30. The zero-order valence-corrected chi connectivity index (χ0v) is 12.4. The lowest BCUT2D eigenvalue weighted by atomic mass is 10.1. The Labute approximate surface area is 125 Å². The average Bonchev–Trinajstić information content (AvgIpc) is 3.01. The number of amides is 1. The number of nitrogens with one attached hydrogen (secondary N) is 1. The number of hydrogen-bond acceptors (Lipinski definition) is 4. The monoisotopic (exact) mass is 290 g/mol. The number of ether oxygens (including phenoxy) is 2. The number of nitrogens with zero attached hydrogens (tertiary/aromatic N) is 1. The van der Waals surface area contributed by atoms with Crippen molar-refractivity contribution in [3.63, 3.8) is 0 Å². The molecule has 0 saturated carbocycles. The third-order valence-corrected chi connectivity index (χ3v) is 4.31. The minimum Gasteiger partial charge on any atom is -0.496 e. The largest absolute Gasteiger partial charge is 0.496 e. The summed E-state index contributed by atoms with van der Waals surface area (Å²) in [6.07, 6.45) is 1.39. The highest BCUT2D eigenvalue weighted by molar-refractivity contribution is 5.77. The Hall–Kier alpha value is -1.59. The molecule has 1 aromatic carbocycles. The molecule has 5 nitrogen and oxygen atoms in total. The van der Waals surface area contributed by atoms with Crippen molar-refractivity contribution in [2.45, 2.75) is 25.0 Å². The highest BCUT2D eigenvalue weighted by atomic mass is 16.5. The van der Waals surface area contributed by atoms with Gasteiger partial charge in [-0.3, -0.25) is 4.79 Å². The fourth-order valence-corrected chi connectivity index (χ4v) is 3.19. The molecule has 114 valence electrons.